The van der Waals surface area contributed by atoms with Gasteiger partial charge in [-0.15, -0.1) is 0 Å². The van der Waals surface area contributed by atoms with Crippen LogP contribution in [0.2, 0.25) is 0 Å². The van der Waals surface area contributed by atoms with Crippen LogP contribution in [0.5, 0.6) is 0 Å². The molecule has 1 aliphatic heterocycles. The average molecular weight is 496 g/mol. The van der Waals surface area contributed by atoms with E-state index in [-0.39, 0.29) is 23.6 Å². The third-order valence-electron chi connectivity index (χ3n) is 5.92. The van der Waals surface area contributed by atoms with Crippen LogP contribution in [0.3, 0.4) is 0 Å². The van der Waals surface area contributed by atoms with Crippen molar-refractivity contribution in [1.29, 1.82) is 0 Å². The molecule has 0 radical (unpaired) electrons. The minimum Gasteiger partial charge on any atom is -0.382 e. The predicted octanol–water partition coefficient (Wildman–Crippen LogP) is 6.03. The molecule has 3 aromatic carbocycles. The normalized spacial score (nSPS) is 15.3. The van der Waals surface area contributed by atoms with Crippen LogP contribution in [0.25, 0.3) is 11.1 Å². The van der Waals surface area contributed by atoms with Crippen molar-refractivity contribution in [3.8, 4) is 11.1 Å². The fourth-order valence-corrected chi connectivity index (χ4v) is 4.38. The van der Waals surface area contributed by atoms with Crippen molar-refractivity contribution in [3.63, 3.8) is 0 Å². The van der Waals surface area contributed by atoms with Gasteiger partial charge in [0, 0.05) is 6.07 Å². The van der Waals surface area contributed by atoms with E-state index in [1.54, 1.807) is 18.2 Å². The van der Waals surface area contributed by atoms with Gasteiger partial charge in [-0.3, -0.25) is 14.7 Å². The smallest absolute Gasteiger partial charge is 0.382 e. The van der Waals surface area contributed by atoms with Gasteiger partial charge >= 0.3 is 6.18 Å². The first-order chi connectivity index (χ1) is 17.1. The molecule has 0 spiro atoms. The molecule has 0 saturated heterocycles. The van der Waals surface area contributed by atoms with E-state index in [0.717, 1.165) is 30.3 Å². The molecule has 0 saturated carbocycles. The third kappa shape index (κ3) is 4.37. The summed E-state index contributed by atoms with van der Waals surface area (Å²) < 4.78 is 67.5. The van der Waals surface area contributed by atoms with Crippen LogP contribution in [-0.4, -0.2) is 15.9 Å². The zero-order valence-electron chi connectivity index (χ0n) is 18.4. The Kier molecular flexibility index (Phi) is 5.66. The maximum Gasteiger partial charge on any atom is 0.416 e. The van der Waals surface area contributed by atoms with Gasteiger partial charge in [0.05, 0.1) is 29.6 Å². The Morgan fingerprint density at radius 2 is 1.64 bits per heavy atom. The summed E-state index contributed by atoms with van der Waals surface area (Å²) in [5.41, 5.74) is 6.85. The van der Waals surface area contributed by atoms with E-state index in [1.165, 1.54) is 29.4 Å². The molecule has 1 amide bonds. The van der Waals surface area contributed by atoms with Crippen molar-refractivity contribution in [2.24, 2.45) is 0 Å². The van der Waals surface area contributed by atoms with Crippen molar-refractivity contribution in [2.75, 3.05) is 10.6 Å². The Morgan fingerprint density at radius 1 is 0.917 bits per heavy atom. The third-order valence-corrected chi connectivity index (χ3v) is 5.92. The number of nitrogen functional groups attached to an aromatic ring is 1. The number of benzene rings is 3. The van der Waals surface area contributed by atoms with E-state index in [9.17, 15) is 26.7 Å². The molecule has 1 aliphatic rings. The van der Waals surface area contributed by atoms with Crippen LogP contribution in [0.4, 0.5) is 39.3 Å². The molecule has 0 fully saturated rings. The first kappa shape index (κ1) is 23.4. The van der Waals surface area contributed by atoms with E-state index in [2.05, 4.69) is 9.97 Å². The maximum absolute atomic E-state index is 13.8. The molecule has 1 atom stereocenters. The van der Waals surface area contributed by atoms with E-state index in [0.29, 0.717) is 22.4 Å². The largest absolute Gasteiger partial charge is 0.416 e. The first-order valence-electron chi connectivity index (χ1n) is 10.8. The standard InChI is InChI=1S/C26H17F5N4O/c27-18-6-14(7-19(28)11-18)8-21-20-10-16(15-2-1-3-17(9-15)26(29,30)31)4-5-22(20)35(25(21)36)24-13-33-12-23(32)34-24/h1-7,9-13,21H,8H2,(H2,32,34). The topological polar surface area (TPSA) is 72.1 Å². The Labute approximate surface area is 202 Å². The van der Waals surface area contributed by atoms with Gasteiger partial charge in [-0.1, -0.05) is 18.2 Å². The summed E-state index contributed by atoms with van der Waals surface area (Å²) in [4.78, 5) is 23.0. The molecule has 5 rings (SSSR count). The summed E-state index contributed by atoms with van der Waals surface area (Å²) in [5, 5.41) is 0. The summed E-state index contributed by atoms with van der Waals surface area (Å²) in [5.74, 6) is -2.65. The second-order valence-electron chi connectivity index (χ2n) is 8.36. The van der Waals surface area contributed by atoms with Gasteiger partial charge in [0.2, 0.25) is 5.91 Å². The van der Waals surface area contributed by atoms with Crippen molar-refractivity contribution >= 4 is 23.2 Å². The summed E-state index contributed by atoms with van der Waals surface area (Å²) in [7, 11) is 0. The van der Waals surface area contributed by atoms with Gasteiger partial charge in [-0.05, 0) is 65.1 Å². The molecule has 0 aliphatic carbocycles. The molecule has 10 heteroatoms. The first-order valence-corrected chi connectivity index (χ1v) is 10.8. The predicted molar refractivity (Wildman–Crippen MR) is 123 cm³/mol. The van der Waals surface area contributed by atoms with Gasteiger partial charge in [0.25, 0.3) is 0 Å². The number of hydrogen-bond donors (Lipinski definition) is 1. The number of fused-ring (bicyclic) bond motifs is 1. The number of hydrogen-bond acceptors (Lipinski definition) is 4. The molecule has 5 nitrogen and oxygen atoms in total. The fraction of sp³-hybridized carbons (Fsp3) is 0.115. The number of carbonyl (C=O) groups is 1. The minimum atomic E-state index is -4.52. The highest BCUT2D eigenvalue weighted by Gasteiger charge is 2.39. The minimum absolute atomic E-state index is 0.0429. The lowest BCUT2D eigenvalue weighted by Crippen LogP contribution is -2.26. The van der Waals surface area contributed by atoms with Crippen LogP contribution in [-0.2, 0) is 17.4 Å². The molecule has 1 aromatic heterocycles. The van der Waals surface area contributed by atoms with Crippen molar-refractivity contribution in [1.82, 2.24) is 9.97 Å². The molecule has 1 unspecified atom stereocenters. The molecule has 182 valence electrons. The van der Waals surface area contributed by atoms with Gasteiger partial charge < -0.3 is 5.73 Å². The molecule has 4 aromatic rings. The average Bonchev–Trinajstić information content (AvgIpc) is 3.08. The van der Waals surface area contributed by atoms with Crippen molar-refractivity contribution < 1.29 is 26.7 Å². The van der Waals surface area contributed by atoms with Crippen molar-refractivity contribution in [2.45, 2.75) is 18.5 Å². The lowest BCUT2D eigenvalue weighted by molar-refractivity contribution is -0.137. The number of rotatable bonds is 4. The molecular formula is C26H17F5N4O. The second kappa shape index (κ2) is 8.71. The number of anilines is 3. The van der Waals surface area contributed by atoms with E-state index >= 15 is 0 Å². The highest BCUT2D eigenvalue weighted by molar-refractivity contribution is 6.10. The van der Waals surface area contributed by atoms with Crippen LogP contribution in [0.1, 0.15) is 22.6 Å². The van der Waals surface area contributed by atoms with Crippen molar-refractivity contribution in [3.05, 3.63) is 101 Å². The number of carbonyl (C=O) groups excluding carboxylic acids is 1. The lowest BCUT2D eigenvalue weighted by Gasteiger charge is -2.17. The number of halogens is 5. The van der Waals surface area contributed by atoms with Crippen LogP contribution in [0, 0.1) is 11.6 Å². The summed E-state index contributed by atoms with van der Waals surface area (Å²) in [6.07, 6.45) is -1.90. The zero-order chi connectivity index (χ0) is 25.6. The molecule has 36 heavy (non-hydrogen) atoms. The monoisotopic (exact) mass is 496 g/mol. The number of nitrogens with two attached hydrogens (primary N) is 1. The second-order valence-corrected chi connectivity index (χ2v) is 8.36. The zero-order valence-corrected chi connectivity index (χ0v) is 18.4. The van der Waals surface area contributed by atoms with E-state index < -0.39 is 35.2 Å². The summed E-state index contributed by atoms with van der Waals surface area (Å²) in [6.45, 7) is 0. The Hall–Kier alpha value is -4.34. The summed E-state index contributed by atoms with van der Waals surface area (Å²) in [6, 6.07) is 12.6. The lowest BCUT2D eigenvalue weighted by atomic mass is 9.90. The quantitative estimate of drug-likeness (QED) is 0.351. The Bertz CT molecular complexity index is 1470. The molecule has 0 bridgehead atoms. The Balaban J connectivity index is 1.63. The van der Waals surface area contributed by atoms with Crippen LogP contribution in [0.15, 0.2) is 73.1 Å². The van der Waals surface area contributed by atoms with Crippen LogP contribution >= 0.6 is 0 Å². The fourth-order valence-electron chi connectivity index (χ4n) is 4.38. The number of amides is 1. The van der Waals surface area contributed by atoms with Gasteiger partial charge in [0.15, 0.2) is 5.82 Å². The number of alkyl halides is 3. The van der Waals surface area contributed by atoms with Gasteiger partial charge in [-0.25, -0.2) is 13.8 Å². The van der Waals surface area contributed by atoms with Gasteiger partial charge in [0.1, 0.15) is 17.5 Å². The highest BCUT2D eigenvalue weighted by Crippen LogP contribution is 2.45. The number of aromatic nitrogens is 2. The van der Waals surface area contributed by atoms with E-state index in [4.69, 9.17) is 5.73 Å². The number of nitrogens with zero attached hydrogens (tertiary/aromatic N) is 3. The highest BCUT2D eigenvalue weighted by atomic mass is 19.4. The SMILES string of the molecule is Nc1cncc(N2C(=O)C(Cc3cc(F)cc(F)c3)c3cc(-c4cccc(C(F)(F)F)c4)ccc32)n1. The van der Waals surface area contributed by atoms with E-state index in [1.807, 2.05) is 0 Å². The Morgan fingerprint density at radius 3 is 2.33 bits per heavy atom. The molecule has 2 heterocycles. The molecular weight excluding hydrogens is 479 g/mol. The van der Waals surface area contributed by atoms with Crippen LogP contribution < -0.4 is 10.6 Å². The molecule has 2 N–H and O–H groups in total. The maximum atomic E-state index is 13.8. The summed E-state index contributed by atoms with van der Waals surface area (Å²) >= 11 is 0. The van der Waals surface area contributed by atoms with Gasteiger partial charge in [-0.2, -0.15) is 13.2 Å².